The summed E-state index contributed by atoms with van der Waals surface area (Å²) < 4.78 is 0. The molecule has 0 aliphatic carbocycles. The van der Waals surface area contributed by atoms with Crippen LogP contribution in [0.15, 0.2) is 40.2 Å². The van der Waals surface area contributed by atoms with Crippen LogP contribution < -0.4 is 16.0 Å². The van der Waals surface area contributed by atoms with Crippen LogP contribution in [0.5, 0.6) is 0 Å². The summed E-state index contributed by atoms with van der Waals surface area (Å²) in [7, 11) is 0. The highest BCUT2D eigenvalue weighted by atomic mass is 127. The molecule has 0 radical (unpaired) electrons. The third kappa shape index (κ3) is 10.7. The molecule has 0 aliphatic heterocycles. The molecular formula is C17H29IN4OS. The summed E-state index contributed by atoms with van der Waals surface area (Å²) in [4.78, 5) is 17.2. The lowest BCUT2D eigenvalue weighted by Crippen LogP contribution is -2.41. The van der Waals surface area contributed by atoms with Crippen molar-refractivity contribution in [3.05, 3.63) is 30.3 Å². The number of guanidine groups is 1. The Balaban J connectivity index is 0.00000529. The Morgan fingerprint density at radius 3 is 2.50 bits per heavy atom. The van der Waals surface area contributed by atoms with E-state index in [2.05, 4.69) is 40.0 Å². The molecule has 7 heteroatoms. The maximum atomic E-state index is 11.6. The molecule has 5 nitrogen and oxygen atoms in total. The first-order valence-electron chi connectivity index (χ1n) is 8.16. The van der Waals surface area contributed by atoms with Gasteiger partial charge in [-0.25, -0.2) is 4.99 Å². The van der Waals surface area contributed by atoms with Crippen LogP contribution >= 0.6 is 35.7 Å². The summed E-state index contributed by atoms with van der Waals surface area (Å²) in [5, 5.41) is 9.67. The molecule has 1 atom stereocenters. The van der Waals surface area contributed by atoms with Gasteiger partial charge in [0.05, 0.1) is 0 Å². The minimum absolute atomic E-state index is 0. The van der Waals surface area contributed by atoms with Crippen molar-refractivity contribution in [2.75, 3.05) is 26.2 Å². The normalized spacial score (nSPS) is 12.0. The van der Waals surface area contributed by atoms with Crippen LogP contribution in [0.25, 0.3) is 0 Å². The molecule has 1 amide bonds. The van der Waals surface area contributed by atoms with Crippen molar-refractivity contribution in [3.8, 4) is 0 Å². The standard InChI is InChI=1S/C17H28N4OS.HI/c1-4-11-19-16(22)13-21-17(18-5-2)20-12-14(3)23-15-9-7-6-8-10-15;/h6-10,14H,4-5,11-13H2,1-3H3,(H,19,22)(H2,18,20,21);1H. The molecule has 1 aromatic rings. The first-order chi connectivity index (χ1) is 11.2. The molecule has 1 aromatic carbocycles. The second-order valence-corrected chi connectivity index (χ2v) is 6.68. The van der Waals surface area contributed by atoms with E-state index in [1.165, 1.54) is 4.90 Å². The fourth-order valence-electron chi connectivity index (χ4n) is 1.83. The van der Waals surface area contributed by atoms with Crippen molar-refractivity contribution in [1.82, 2.24) is 16.0 Å². The topological polar surface area (TPSA) is 65.5 Å². The van der Waals surface area contributed by atoms with Crippen LogP contribution in [-0.2, 0) is 4.79 Å². The Kier molecular flexibility index (Phi) is 13.8. The minimum atomic E-state index is -0.0456. The fourth-order valence-corrected chi connectivity index (χ4v) is 2.77. The van der Waals surface area contributed by atoms with Gasteiger partial charge in [0.1, 0.15) is 6.54 Å². The van der Waals surface area contributed by atoms with Gasteiger partial charge in [-0.05, 0) is 25.5 Å². The summed E-state index contributed by atoms with van der Waals surface area (Å²) in [5.41, 5.74) is 0. The predicted molar refractivity (Wildman–Crippen MR) is 114 cm³/mol. The van der Waals surface area contributed by atoms with E-state index in [0.29, 0.717) is 17.8 Å². The maximum Gasteiger partial charge on any atom is 0.241 e. The highest BCUT2D eigenvalue weighted by molar-refractivity contribution is 14.0. The molecular weight excluding hydrogens is 435 g/mol. The monoisotopic (exact) mass is 464 g/mol. The van der Waals surface area contributed by atoms with Crippen molar-refractivity contribution in [1.29, 1.82) is 0 Å². The number of nitrogens with one attached hydrogen (secondary N) is 3. The summed E-state index contributed by atoms with van der Waals surface area (Å²) in [5.74, 6) is 0.635. The van der Waals surface area contributed by atoms with Gasteiger partial charge >= 0.3 is 0 Å². The second-order valence-electron chi connectivity index (χ2n) is 5.17. The number of hydrogen-bond acceptors (Lipinski definition) is 3. The number of halogens is 1. The molecule has 1 unspecified atom stereocenters. The number of amides is 1. The Bertz CT molecular complexity index is 485. The fraction of sp³-hybridized carbons (Fsp3) is 0.529. The molecule has 0 saturated heterocycles. The van der Waals surface area contributed by atoms with Gasteiger partial charge in [0.2, 0.25) is 5.91 Å². The highest BCUT2D eigenvalue weighted by Crippen LogP contribution is 2.21. The SMILES string of the molecule is CCCNC(=O)CN=C(NCC)NCC(C)Sc1ccccc1.I. The van der Waals surface area contributed by atoms with E-state index in [1.807, 2.05) is 43.8 Å². The number of thioether (sulfide) groups is 1. The predicted octanol–water partition coefficient (Wildman–Crippen LogP) is 2.87. The maximum absolute atomic E-state index is 11.6. The van der Waals surface area contributed by atoms with Gasteiger partial charge in [-0.3, -0.25) is 4.79 Å². The van der Waals surface area contributed by atoms with E-state index in [1.54, 1.807) is 0 Å². The summed E-state index contributed by atoms with van der Waals surface area (Å²) >= 11 is 1.81. The summed E-state index contributed by atoms with van der Waals surface area (Å²) in [6.45, 7) is 8.60. The first kappa shape index (κ1) is 23.0. The van der Waals surface area contributed by atoms with Gasteiger partial charge in [0.15, 0.2) is 5.96 Å². The quantitative estimate of drug-likeness (QED) is 0.228. The van der Waals surface area contributed by atoms with E-state index in [4.69, 9.17) is 0 Å². The number of carbonyl (C=O) groups is 1. The molecule has 3 N–H and O–H groups in total. The number of benzene rings is 1. The van der Waals surface area contributed by atoms with Gasteiger partial charge < -0.3 is 16.0 Å². The van der Waals surface area contributed by atoms with E-state index < -0.39 is 0 Å². The van der Waals surface area contributed by atoms with Crippen LogP contribution in [0, 0.1) is 0 Å². The average Bonchev–Trinajstić information content (AvgIpc) is 2.56. The largest absolute Gasteiger partial charge is 0.357 e. The molecule has 0 aliphatic rings. The van der Waals surface area contributed by atoms with E-state index in [0.717, 1.165) is 19.5 Å². The third-order valence-electron chi connectivity index (χ3n) is 2.93. The summed E-state index contributed by atoms with van der Waals surface area (Å²) in [6.07, 6.45) is 0.933. The minimum Gasteiger partial charge on any atom is -0.357 e. The van der Waals surface area contributed by atoms with Crippen LogP contribution in [0.4, 0.5) is 0 Å². The molecule has 0 saturated carbocycles. The number of aliphatic imine (C=N–C) groups is 1. The van der Waals surface area contributed by atoms with Gasteiger partial charge in [-0.2, -0.15) is 0 Å². The third-order valence-corrected chi connectivity index (χ3v) is 4.05. The van der Waals surface area contributed by atoms with Gasteiger partial charge in [0, 0.05) is 29.8 Å². The highest BCUT2D eigenvalue weighted by Gasteiger charge is 2.06. The Labute approximate surface area is 166 Å². The van der Waals surface area contributed by atoms with Gasteiger partial charge in [-0.1, -0.05) is 32.0 Å². The van der Waals surface area contributed by atoms with Crippen LogP contribution in [0.2, 0.25) is 0 Å². The number of rotatable bonds is 9. The van der Waals surface area contributed by atoms with Crippen molar-refractivity contribution < 1.29 is 4.79 Å². The van der Waals surface area contributed by atoms with E-state index >= 15 is 0 Å². The number of nitrogens with zero attached hydrogens (tertiary/aromatic N) is 1. The zero-order valence-corrected chi connectivity index (χ0v) is 17.8. The lowest BCUT2D eigenvalue weighted by Gasteiger charge is -2.15. The van der Waals surface area contributed by atoms with E-state index in [9.17, 15) is 4.79 Å². The zero-order chi connectivity index (χ0) is 16.9. The molecule has 0 heterocycles. The molecule has 1 rings (SSSR count). The van der Waals surface area contributed by atoms with Crippen molar-refractivity contribution in [3.63, 3.8) is 0 Å². The van der Waals surface area contributed by atoms with Gasteiger partial charge in [0.25, 0.3) is 0 Å². The first-order valence-corrected chi connectivity index (χ1v) is 9.04. The Morgan fingerprint density at radius 2 is 1.88 bits per heavy atom. The lowest BCUT2D eigenvalue weighted by molar-refractivity contribution is -0.119. The van der Waals surface area contributed by atoms with Gasteiger partial charge in [-0.15, -0.1) is 35.7 Å². The average molecular weight is 464 g/mol. The number of hydrogen-bond donors (Lipinski definition) is 3. The zero-order valence-electron chi connectivity index (χ0n) is 14.7. The molecule has 0 spiro atoms. The van der Waals surface area contributed by atoms with Crippen LogP contribution in [-0.4, -0.2) is 43.3 Å². The second kappa shape index (κ2) is 14.4. The lowest BCUT2D eigenvalue weighted by atomic mass is 10.4. The molecule has 0 bridgehead atoms. The molecule has 0 aromatic heterocycles. The Morgan fingerprint density at radius 1 is 1.17 bits per heavy atom. The van der Waals surface area contributed by atoms with Crippen LogP contribution in [0.1, 0.15) is 27.2 Å². The smallest absolute Gasteiger partial charge is 0.241 e. The van der Waals surface area contributed by atoms with Crippen molar-refractivity contribution in [2.24, 2.45) is 4.99 Å². The molecule has 0 fully saturated rings. The van der Waals surface area contributed by atoms with Crippen molar-refractivity contribution in [2.45, 2.75) is 37.3 Å². The molecule has 136 valence electrons. The number of carbonyl (C=O) groups excluding carboxylic acids is 1. The Hall–Kier alpha value is -0.960. The summed E-state index contributed by atoms with van der Waals surface area (Å²) in [6, 6.07) is 10.3. The van der Waals surface area contributed by atoms with Crippen LogP contribution in [0.3, 0.4) is 0 Å². The molecule has 24 heavy (non-hydrogen) atoms. The van der Waals surface area contributed by atoms with E-state index in [-0.39, 0.29) is 36.4 Å². The van der Waals surface area contributed by atoms with Crippen molar-refractivity contribution >= 4 is 47.6 Å².